The van der Waals surface area contributed by atoms with Gasteiger partial charge in [0.1, 0.15) is 17.9 Å². The Balaban J connectivity index is 2.28. The van der Waals surface area contributed by atoms with Crippen LogP contribution in [-0.2, 0) is 13.2 Å². The van der Waals surface area contributed by atoms with Gasteiger partial charge in [0, 0.05) is 18.3 Å². The summed E-state index contributed by atoms with van der Waals surface area (Å²) in [5.74, 6) is -0.864. The topological polar surface area (TPSA) is 90.4 Å². The van der Waals surface area contributed by atoms with Crippen LogP contribution in [0, 0.1) is 6.92 Å². The van der Waals surface area contributed by atoms with E-state index >= 15 is 0 Å². The lowest BCUT2D eigenvalue weighted by Crippen LogP contribution is -2.09. The third-order valence-corrected chi connectivity index (χ3v) is 3.54. The molecule has 0 atom stereocenters. The number of aromatic nitrogens is 2. The quantitative estimate of drug-likeness (QED) is 0.829. The Bertz CT molecular complexity index is 682. The summed E-state index contributed by atoms with van der Waals surface area (Å²) in [6.45, 7) is 4.52. The number of aryl methyl sites for hydroxylation is 2. The second kappa shape index (κ2) is 6.05. The normalized spacial score (nSPS) is 10.6. The lowest BCUT2D eigenvalue weighted by Gasteiger charge is -2.11. The molecule has 0 aliphatic heterocycles. The molecule has 7 heteroatoms. The largest absolute Gasteiger partial charge is 0.486 e. The molecule has 0 spiro atoms. The Labute approximate surface area is 127 Å². The number of aromatic carboxylic acids is 1. The summed E-state index contributed by atoms with van der Waals surface area (Å²) in [5, 5.41) is 14.0. The number of carbonyl (C=O) groups is 1. The summed E-state index contributed by atoms with van der Waals surface area (Å²) < 4.78 is 7.32. The molecule has 0 aliphatic rings. The van der Waals surface area contributed by atoms with E-state index in [2.05, 4.69) is 5.10 Å². The van der Waals surface area contributed by atoms with Crippen LogP contribution < -0.4 is 10.5 Å². The summed E-state index contributed by atoms with van der Waals surface area (Å²) in [6, 6.07) is 4.41. The van der Waals surface area contributed by atoms with Crippen LogP contribution in [0.15, 0.2) is 18.2 Å². The first-order valence-corrected chi connectivity index (χ1v) is 6.79. The van der Waals surface area contributed by atoms with Crippen LogP contribution >= 0.6 is 11.6 Å². The number of nitrogens with zero attached hydrogens (tertiary/aromatic N) is 2. The molecule has 6 nitrogen and oxygen atoms in total. The second-order valence-corrected chi connectivity index (χ2v) is 4.89. The molecule has 112 valence electrons. The first kappa shape index (κ1) is 15.2. The number of anilines is 1. The number of rotatable bonds is 5. The third-order valence-electron chi connectivity index (χ3n) is 3.05. The molecular formula is C14H16ClN3O3. The average Bonchev–Trinajstić information content (AvgIpc) is 2.71. The minimum Gasteiger partial charge on any atom is -0.486 e. The lowest BCUT2D eigenvalue weighted by molar-refractivity contribution is 0.0691. The molecule has 0 radical (unpaired) electrons. The summed E-state index contributed by atoms with van der Waals surface area (Å²) in [5.41, 5.74) is 7.57. The molecule has 0 saturated carbocycles. The predicted molar refractivity (Wildman–Crippen MR) is 79.8 cm³/mol. The van der Waals surface area contributed by atoms with E-state index in [-0.39, 0.29) is 17.9 Å². The molecule has 0 unspecified atom stereocenters. The van der Waals surface area contributed by atoms with Crippen molar-refractivity contribution < 1.29 is 14.6 Å². The monoisotopic (exact) mass is 309 g/mol. The molecular weight excluding hydrogens is 294 g/mol. The van der Waals surface area contributed by atoms with Gasteiger partial charge in [-0.05, 0) is 26.0 Å². The number of carboxylic acid groups (broad SMARTS) is 1. The maximum absolute atomic E-state index is 11.2. The number of carboxylic acids is 1. The number of hydrogen-bond donors (Lipinski definition) is 2. The van der Waals surface area contributed by atoms with Crippen molar-refractivity contribution in [3.63, 3.8) is 0 Å². The zero-order chi connectivity index (χ0) is 15.6. The summed E-state index contributed by atoms with van der Waals surface area (Å²) >= 11 is 6.19. The summed E-state index contributed by atoms with van der Waals surface area (Å²) in [7, 11) is 0. The van der Waals surface area contributed by atoms with Crippen LogP contribution in [0.4, 0.5) is 5.69 Å². The van der Waals surface area contributed by atoms with Gasteiger partial charge in [-0.25, -0.2) is 4.79 Å². The fourth-order valence-corrected chi connectivity index (χ4v) is 2.18. The van der Waals surface area contributed by atoms with Gasteiger partial charge in [0.05, 0.1) is 16.4 Å². The van der Waals surface area contributed by atoms with E-state index in [1.807, 2.05) is 6.92 Å². The fourth-order valence-electron chi connectivity index (χ4n) is 1.99. The van der Waals surface area contributed by atoms with E-state index in [0.29, 0.717) is 28.6 Å². The molecule has 2 aromatic rings. The summed E-state index contributed by atoms with van der Waals surface area (Å²) in [4.78, 5) is 11.2. The van der Waals surface area contributed by atoms with Crippen LogP contribution in [-0.4, -0.2) is 20.9 Å². The van der Waals surface area contributed by atoms with Crippen LogP contribution in [0.1, 0.15) is 28.7 Å². The number of ether oxygens (including phenoxy) is 1. The average molecular weight is 310 g/mol. The van der Waals surface area contributed by atoms with Gasteiger partial charge in [0.15, 0.2) is 0 Å². The van der Waals surface area contributed by atoms with Gasteiger partial charge < -0.3 is 15.6 Å². The maximum atomic E-state index is 11.2. The molecule has 1 aromatic carbocycles. The maximum Gasteiger partial charge on any atom is 0.339 e. The molecule has 2 rings (SSSR count). The number of hydrogen-bond acceptors (Lipinski definition) is 4. The molecule has 0 fully saturated rings. The molecule has 0 amide bonds. The van der Waals surface area contributed by atoms with E-state index in [0.717, 1.165) is 0 Å². The van der Waals surface area contributed by atoms with Crippen molar-refractivity contribution in [3.8, 4) is 5.75 Å². The molecule has 21 heavy (non-hydrogen) atoms. The van der Waals surface area contributed by atoms with Crippen LogP contribution in [0.25, 0.3) is 0 Å². The molecule has 3 N–H and O–H groups in total. The zero-order valence-corrected chi connectivity index (χ0v) is 12.5. The van der Waals surface area contributed by atoms with Crippen molar-refractivity contribution in [1.82, 2.24) is 9.78 Å². The third kappa shape index (κ3) is 3.11. The first-order chi connectivity index (χ1) is 9.93. The van der Waals surface area contributed by atoms with Crippen molar-refractivity contribution in [2.24, 2.45) is 0 Å². The van der Waals surface area contributed by atoms with Gasteiger partial charge in [0.25, 0.3) is 0 Å². The van der Waals surface area contributed by atoms with Crippen LogP contribution in [0.3, 0.4) is 0 Å². The van der Waals surface area contributed by atoms with E-state index in [1.54, 1.807) is 11.6 Å². The Hall–Kier alpha value is -2.21. The molecule has 0 saturated heterocycles. The van der Waals surface area contributed by atoms with Gasteiger partial charge >= 0.3 is 5.97 Å². The van der Waals surface area contributed by atoms with E-state index in [4.69, 9.17) is 27.2 Å². The first-order valence-electron chi connectivity index (χ1n) is 6.41. The van der Waals surface area contributed by atoms with E-state index < -0.39 is 5.97 Å². The molecule has 1 aromatic heterocycles. The predicted octanol–water partition coefficient (Wildman–Crippen LogP) is 2.72. The van der Waals surface area contributed by atoms with Crippen LogP contribution in [0.5, 0.6) is 5.75 Å². The van der Waals surface area contributed by atoms with Gasteiger partial charge in [-0.2, -0.15) is 5.10 Å². The van der Waals surface area contributed by atoms with Crippen molar-refractivity contribution in [2.75, 3.05) is 5.73 Å². The fraction of sp³-hybridized carbons (Fsp3) is 0.286. The summed E-state index contributed by atoms with van der Waals surface area (Å²) in [6.07, 6.45) is 0. The van der Waals surface area contributed by atoms with Crippen molar-refractivity contribution in [2.45, 2.75) is 27.0 Å². The van der Waals surface area contributed by atoms with E-state index in [9.17, 15) is 4.79 Å². The minimum absolute atomic E-state index is 0.0552. The number of nitrogens with two attached hydrogens (primary N) is 1. The number of benzene rings is 1. The Morgan fingerprint density at radius 3 is 2.86 bits per heavy atom. The van der Waals surface area contributed by atoms with Gasteiger partial charge in [-0.15, -0.1) is 0 Å². The highest BCUT2D eigenvalue weighted by Gasteiger charge is 2.16. The Kier molecular flexibility index (Phi) is 4.37. The smallest absolute Gasteiger partial charge is 0.339 e. The van der Waals surface area contributed by atoms with Gasteiger partial charge in [-0.1, -0.05) is 11.6 Å². The van der Waals surface area contributed by atoms with Crippen molar-refractivity contribution in [1.29, 1.82) is 0 Å². The number of nitrogen functional groups attached to an aromatic ring is 1. The Morgan fingerprint density at radius 2 is 2.24 bits per heavy atom. The molecule has 0 bridgehead atoms. The Morgan fingerprint density at radius 1 is 1.52 bits per heavy atom. The minimum atomic E-state index is -1.07. The highest BCUT2D eigenvalue weighted by molar-refractivity contribution is 6.31. The molecule has 1 heterocycles. The van der Waals surface area contributed by atoms with Crippen LogP contribution in [0.2, 0.25) is 5.02 Å². The standard InChI is InChI=1S/C14H16ClN3O3/c1-3-18-11(13(15)8(2)17-18)7-21-12-6-9(16)4-5-10(12)14(19)20/h4-6H,3,7,16H2,1-2H3,(H,19,20). The zero-order valence-electron chi connectivity index (χ0n) is 11.8. The van der Waals surface area contributed by atoms with Crippen molar-refractivity contribution in [3.05, 3.63) is 40.2 Å². The number of halogens is 1. The second-order valence-electron chi connectivity index (χ2n) is 4.51. The SMILES string of the molecule is CCn1nc(C)c(Cl)c1COc1cc(N)ccc1C(=O)O. The van der Waals surface area contributed by atoms with Crippen molar-refractivity contribution >= 4 is 23.3 Å². The van der Waals surface area contributed by atoms with Gasteiger partial charge in [0.2, 0.25) is 0 Å². The lowest BCUT2D eigenvalue weighted by atomic mass is 10.2. The molecule has 0 aliphatic carbocycles. The highest BCUT2D eigenvalue weighted by Crippen LogP contribution is 2.26. The van der Waals surface area contributed by atoms with Gasteiger partial charge in [-0.3, -0.25) is 4.68 Å². The van der Waals surface area contributed by atoms with E-state index in [1.165, 1.54) is 18.2 Å². The highest BCUT2D eigenvalue weighted by atomic mass is 35.5.